The van der Waals surface area contributed by atoms with Gasteiger partial charge >= 0.3 is 12.1 Å². The number of carbonyl (C=O) groups is 2. The first-order valence-corrected chi connectivity index (χ1v) is 11.7. The van der Waals surface area contributed by atoms with Gasteiger partial charge in [0, 0.05) is 17.7 Å². The highest BCUT2D eigenvalue weighted by atomic mass is 32.2. The SMILES string of the molecule is COC(=O)CC(CSNC1CCC1)NC(=O)OCC1c2ccccc2-c2ccccc21. The van der Waals surface area contributed by atoms with Crippen LogP contribution in [-0.2, 0) is 14.3 Å². The lowest BCUT2D eigenvalue weighted by molar-refractivity contribution is -0.141. The van der Waals surface area contributed by atoms with Crippen molar-refractivity contribution < 1.29 is 19.1 Å². The number of alkyl carbamates (subject to hydrolysis) is 1. The first-order chi connectivity index (χ1) is 15.2. The normalized spacial score (nSPS) is 16.0. The second-order valence-corrected chi connectivity index (χ2v) is 8.86. The molecule has 2 aliphatic carbocycles. The largest absolute Gasteiger partial charge is 0.469 e. The van der Waals surface area contributed by atoms with Crippen LogP contribution in [0.1, 0.15) is 42.7 Å². The number of methoxy groups -OCH3 is 1. The van der Waals surface area contributed by atoms with Crippen molar-refractivity contribution in [2.75, 3.05) is 19.5 Å². The Labute approximate surface area is 187 Å². The van der Waals surface area contributed by atoms with Crippen LogP contribution in [0.2, 0.25) is 0 Å². The highest BCUT2D eigenvalue weighted by Gasteiger charge is 2.29. The van der Waals surface area contributed by atoms with Crippen LogP contribution in [0.5, 0.6) is 0 Å². The summed E-state index contributed by atoms with van der Waals surface area (Å²) in [5.41, 5.74) is 4.72. The molecular weight excluding hydrogens is 412 g/mol. The second-order valence-electron chi connectivity index (χ2n) is 8.00. The molecule has 6 nitrogen and oxygen atoms in total. The molecule has 2 aliphatic rings. The van der Waals surface area contributed by atoms with Gasteiger partial charge in [-0.2, -0.15) is 0 Å². The monoisotopic (exact) mass is 440 g/mol. The summed E-state index contributed by atoms with van der Waals surface area (Å²) < 4.78 is 13.8. The van der Waals surface area contributed by atoms with Gasteiger partial charge in [-0.05, 0) is 35.1 Å². The van der Waals surface area contributed by atoms with E-state index in [0.717, 1.165) is 0 Å². The van der Waals surface area contributed by atoms with E-state index in [0.29, 0.717) is 11.8 Å². The molecule has 2 N–H and O–H groups in total. The van der Waals surface area contributed by atoms with Crippen LogP contribution in [-0.4, -0.2) is 43.6 Å². The van der Waals surface area contributed by atoms with Crippen LogP contribution in [0.25, 0.3) is 11.1 Å². The van der Waals surface area contributed by atoms with Crippen LogP contribution in [0, 0.1) is 0 Å². The molecule has 0 heterocycles. The lowest BCUT2D eigenvalue weighted by atomic mass is 9.94. The molecule has 0 radical (unpaired) electrons. The van der Waals surface area contributed by atoms with Crippen molar-refractivity contribution in [2.45, 2.75) is 43.7 Å². The van der Waals surface area contributed by atoms with Crippen molar-refractivity contribution in [1.82, 2.24) is 10.0 Å². The van der Waals surface area contributed by atoms with Crippen LogP contribution >= 0.6 is 11.9 Å². The Bertz CT molecular complexity index is 886. The average molecular weight is 441 g/mol. The Hall–Kier alpha value is -2.51. The third-order valence-electron chi connectivity index (χ3n) is 5.95. The minimum absolute atomic E-state index is 0.00636. The molecule has 0 aromatic heterocycles. The Morgan fingerprint density at radius 3 is 2.29 bits per heavy atom. The third kappa shape index (κ3) is 5.22. The average Bonchev–Trinajstić information content (AvgIpc) is 3.07. The summed E-state index contributed by atoms with van der Waals surface area (Å²) in [6.45, 7) is 0.248. The smallest absolute Gasteiger partial charge is 0.407 e. The van der Waals surface area contributed by atoms with Gasteiger partial charge in [0.2, 0.25) is 0 Å². The fraction of sp³-hybridized carbons (Fsp3) is 0.417. The molecule has 1 fully saturated rings. The summed E-state index contributed by atoms with van der Waals surface area (Å²) in [5.74, 6) is 0.218. The molecular formula is C24H28N2O4S. The lowest BCUT2D eigenvalue weighted by Gasteiger charge is -2.27. The molecule has 31 heavy (non-hydrogen) atoms. The van der Waals surface area contributed by atoms with Gasteiger partial charge in [0.25, 0.3) is 0 Å². The van der Waals surface area contributed by atoms with Crippen molar-refractivity contribution in [2.24, 2.45) is 0 Å². The van der Waals surface area contributed by atoms with Gasteiger partial charge in [-0.25, -0.2) is 4.79 Å². The lowest BCUT2D eigenvalue weighted by Crippen LogP contribution is -2.40. The van der Waals surface area contributed by atoms with E-state index in [1.165, 1.54) is 60.6 Å². The van der Waals surface area contributed by atoms with Gasteiger partial charge in [0.15, 0.2) is 0 Å². The maximum Gasteiger partial charge on any atom is 0.407 e. The number of hydrogen-bond donors (Lipinski definition) is 2. The summed E-state index contributed by atoms with van der Waals surface area (Å²) >= 11 is 1.54. The molecule has 4 rings (SSSR count). The molecule has 7 heteroatoms. The summed E-state index contributed by atoms with van der Waals surface area (Å²) in [6.07, 6.45) is 3.20. The van der Waals surface area contributed by atoms with Crippen LogP contribution in [0.3, 0.4) is 0 Å². The van der Waals surface area contributed by atoms with Gasteiger partial charge in [0.1, 0.15) is 6.61 Å². The predicted octanol–water partition coefficient (Wildman–Crippen LogP) is 4.25. The molecule has 0 spiro atoms. The summed E-state index contributed by atoms with van der Waals surface area (Å²) in [6, 6.07) is 16.6. The number of hydrogen-bond acceptors (Lipinski definition) is 6. The Balaban J connectivity index is 1.34. The van der Waals surface area contributed by atoms with Gasteiger partial charge in [-0.15, -0.1) is 0 Å². The van der Waals surface area contributed by atoms with Gasteiger partial charge in [-0.3, -0.25) is 9.52 Å². The van der Waals surface area contributed by atoms with Crippen molar-refractivity contribution in [3.8, 4) is 11.1 Å². The number of carbonyl (C=O) groups excluding carboxylic acids is 2. The molecule has 1 unspecified atom stereocenters. The van der Waals surface area contributed by atoms with Crippen LogP contribution in [0.15, 0.2) is 48.5 Å². The van der Waals surface area contributed by atoms with Gasteiger partial charge < -0.3 is 14.8 Å². The molecule has 0 aliphatic heterocycles. The van der Waals surface area contributed by atoms with Crippen LogP contribution < -0.4 is 10.0 Å². The fourth-order valence-electron chi connectivity index (χ4n) is 4.04. The number of rotatable bonds is 9. The Morgan fingerprint density at radius 1 is 1.06 bits per heavy atom. The van der Waals surface area contributed by atoms with E-state index in [4.69, 9.17) is 9.47 Å². The first kappa shape index (κ1) is 21.7. The van der Waals surface area contributed by atoms with Gasteiger partial charge in [0.05, 0.1) is 19.6 Å². The molecule has 0 bridgehead atoms. The van der Waals surface area contributed by atoms with Gasteiger partial charge in [-0.1, -0.05) is 66.9 Å². The maximum absolute atomic E-state index is 12.6. The Morgan fingerprint density at radius 2 is 1.71 bits per heavy atom. The number of ether oxygens (including phenoxy) is 2. The zero-order chi connectivity index (χ0) is 21.6. The van der Waals surface area contributed by atoms with E-state index in [9.17, 15) is 9.59 Å². The molecule has 0 saturated heterocycles. The highest BCUT2D eigenvalue weighted by molar-refractivity contribution is 7.97. The number of fused-ring (bicyclic) bond motifs is 3. The maximum atomic E-state index is 12.6. The van der Waals surface area contributed by atoms with Crippen molar-refractivity contribution in [1.29, 1.82) is 0 Å². The second kappa shape index (κ2) is 10.2. The van der Waals surface area contributed by atoms with Crippen LogP contribution in [0.4, 0.5) is 4.79 Å². The number of benzene rings is 2. The van der Waals surface area contributed by atoms with E-state index >= 15 is 0 Å². The number of amides is 1. The molecule has 1 saturated carbocycles. The quantitative estimate of drug-likeness (QED) is 0.449. The molecule has 2 aromatic carbocycles. The molecule has 164 valence electrons. The topological polar surface area (TPSA) is 76.7 Å². The minimum atomic E-state index is -0.514. The van der Waals surface area contributed by atoms with E-state index in [1.807, 2.05) is 24.3 Å². The zero-order valence-corrected chi connectivity index (χ0v) is 18.5. The van der Waals surface area contributed by atoms with E-state index in [-0.39, 0.29) is 31.0 Å². The third-order valence-corrected chi connectivity index (χ3v) is 7.02. The van der Waals surface area contributed by atoms with E-state index < -0.39 is 6.09 Å². The molecule has 1 amide bonds. The van der Waals surface area contributed by atoms with Crippen molar-refractivity contribution >= 4 is 24.0 Å². The number of nitrogens with one attached hydrogen (secondary N) is 2. The van der Waals surface area contributed by atoms with Crippen molar-refractivity contribution in [3.05, 3.63) is 59.7 Å². The highest BCUT2D eigenvalue weighted by Crippen LogP contribution is 2.44. The van der Waals surface area contributed by atoms with E-state index in [1.54, 1.807) is 0 Å². The van der Waals surface area contributed by atoms with E-state index in [2.05, 4.69) is 34.3 Å². The van der Waals surface area contributed by atoms with Crippen molar-refractivity contribution in [3.63, 3.8) is 0 Å². The summed E-state index contributed by atoms with van der Waals surface area (Å²) in [7, 11) is 1.35. The zero-order valence-electron chi connectivity index (χ0n) is 17.6. The molecule has 1 atom stereocenters. The molecule has 2 aromatic rings. The Kier molecular flexibility index (Phi) is 7.14. The standard InChI is InChI=1S/C24H28N2O4S/c1-29-23(27)13-17(15-31-26-16-7-6-8-16)25-24(28)30-14-22-20-11-4-2-9-18(20)19-10-3-5-12-21(19)22/h2-5,9-12,16-17,22,26H,6-8,13-15H2,1H3,(H,25,28). The fourth-order valence-corrected chi connectivity index (χ4v) is 5.01. The number of esters is 1. The first-order valence-electron chi connectivity index (χ1n) is 10.7. The predicted molar refractivity (Wildman–Crippen MR) is 122 cm³/mol. The summed E-state index contributed by atoms with van der Waals surface area (Å²) in [5, 5.41) is 2.84. The summed E-state index contributed by atoms with van der Waals surface area (Å²) in [4.78, 5) is 24.3. The minimum Gasteiger partial charge on any atom is -0.469 e.